The van der Waals surface area contributed by atoms with Crippen molar-refractivity contribution in [1.29, 1.82) is 0 Å². The molecule has 0 aromatic heterocycles. The van der Waals surface area contributed by atoms with Gasteiger partial charge in [0, 0.05) is 31.6 Å². The Labute approximate surface area is 152 Å². The van der Waals surface area contributed by atoms with E-state index in [2.05, 4.69) is 5.32 Å². The zero-order chi connectivity index (χ0) is 18.5. The lowest BCUT2D eigenvalue weighted by molar-refractivity contribution is 0.0687. The fourth-order valence-electron chi connectivity index (χ4n) is 3.46. The van der Waals surface area contributed by atoms with Crippen LogP contribution in [0.5, 0.6) is 0 Å². The van der Waals surface area contributed by atoms with Crippen LogP contribution >= 0.6 is 0 Å². The highest BCUT2D eigenvalue weighted by Crippen LogP contribution is 2.34. The van der Waals surface area contributed by atoms with E-state index in [0.717, 1.165) is 12.8 Å². The van der Waals surface area contributed by atoms with E-state index >= 15 is 0 Å². The lowest BCUT2D eigenvalue weighted by Gasteiger charge is -2.21. The van der Waals surface area contributed by atoms with Crippen LogP contribution in [0.3, 0.4) is 0 Å². The summed E-state index contributed by atoms with van der Waals surface area (Å²) < 4.78 is 32.7. The van der Waals surface area contributed by atoms with Gasteiger partial charge in [0.15, 0.2) is 0 Å². The van der Waals surface area contributed by atoms with Crippen LogP contribution < -0.4 is 5.32 Å². The van der Waals surface area contributed by atoms with Gasteiger partial charge >= 0.3 is 6.09 Å². The summed E-state index contributed by atoms with van der Waals surface area (Å²) in [5, 5.41) is 2.86. The van der Waals surface area contributed by atoms with E-state index in [9.17, 15) is 18.0 Å². The first-order valence-corrected chi connectivity index (χ1v) is 10.1. The Balaban J connectivity index is 1.53. The van der Waals surface area contributed by atoms with Crippen LogP contribution in [0.2, 0.25) is 0 Å². The summed E-state index contributed by atoms with van der Waals surface area (Å²) in [7, 11) is -2.13. The van der Waals surface area contributed by atoms with Gasteiger partial charge in [-0.15, -0.1) is 0 Å². The highest BCUT2D eigenvalue weighted by atomic mass is 32.2. The Morgan fingerprint density at radius 2 is 2.08 bits per heavy atom. The van der Waals surface area contributed by atoms with Gasteiger partial charge in [0.2, 0.25) is 10.0 Å². The Morgan fingerprint density at radius 3 is 2.73 bits per heavy atom. The molecule has 1 spiro atoms. The lowest BCUT2D eigenvalue weighted by atomic mass is 10.0. The second-order valence-electron chi connectivity index (χ2n) is 7.27. The van der Waals surface area contributed by atoms with Crippen LogP contribution in [0.1, 0.15) is 29.6 Å². The maximum absolute atomic E-state index is 13.0. The smallest absolute Gasteiger partial charge is 0.410 e. The van der Waals surface area contributed by atoms with Crippen LogP contribution in [-0.2, 0) is 14.8 Å². The number of sulfonamides is 1. The van der Waals surface area contributed by atoms with Gasteiger partial charge in [-0.05, 0) is 31.0 Å². The molecule has 2 heterocycles. The molecule has 4 rings (SSSR count). The molecule has 1 N–H and O–H groups in total. The molecule has 3 aliphatic rings. The molecule has 3 fully saturated rings. The van der Waals surface area contributed by atoms with E-state index in [0.29, 0.717) is 18.5 Å². The molecule has 1 aliphatic carbocycles. The maximum atomic E-state index is 13.0. The standard InChI is InChI=1S/C17H21N3O5S/c1-19-10-17(25-16(19)22)7-8-20(11-17)26(23,24)14-4-2-3-12(9-14)15(21)18-13-5-6-13/h2-4,9,13H,5-8,10-11H2,1H3,(H,18,21). The largest absolute Gasteiger partial charge is 0.439 e. The molecule has 9 heteroatoms. The number of amides is 2. The molecule has 140 valence electrons. The van der Waals surface area contributed by atoms with E-state index in [1.54, 1.807) is 19.2 Å². The maximum Gasteiger partial charge on any atom is 0.410 e. The predicted molar refractivity (Wildman–Crippen MR) is 92.1 cm³/mol. The first-order valence-electron chi connectivity index (χ1n) is 8.64. The van der Waals surface area contributed by atoms with Crippen LogP contribution in [-0.4, -0.2) is 67.9 Å². The molecular weight excluding hydrogens is 358 g/mol. The van der Waals surface area contributed by atoms with Crippen molar-refractivity contribution < 1.29 is 22.7 Å². The van der Waals surface area contributed by atoms with E-state index < -0.39 is 21.7 Å². The van der Waals surface area contributed by atoms with Gasteiger partial charge in [-0.1, -0.05) is 6.07 Å². The molecule has 0 radical (unpaired) electrons. The zero-order valence-corrected chi connectivity index (χ0v) is 15.3. The summed E-state index contributed by atoms with van der Waals surface area (Å²) >= 11 is 0. The fraction of sp³-hybridized carbons (Fsp3) is 0.529. The van der Waals surface area contributed by atoms with Crippen molar-refractivity contribution >= 4 is 22.0 Å². The van der Waals surface area contributed by atoms with Crippen LogP contribution in [0, 0.1) is 0 Å². The molecule has 1 atom stereocenters. The minimum Gasteiger partial charge on any atom is -0.439 e. The number of carbonyl (C=O) groups is 2. The molecule has 2 amide bonds. The van der Waals surface area contributed by atoms with E-state index in [1.165, 1.54) is 21.3 Å². The van der Waals surface area contributed by atoms with Crippen LogP contribution in [0.25, 0.3) is 0 Å². The van der Waals surface area contributed by atoms with Gasteiger partial charge in [0.25, 0.3) is 5.91 Å². The molecule has 1 unspecified atom stereocenters. The SMILES string of the molecule is CN1CC2(CCN(S(=O)(=O)c3cccc(C(=O)NC4CC4)c3)C2)OC1=O. The molecule has 26 heavy (non-hydrogen) atoms. The Kier molecular flexibility index (Phi) is 3.96. The summed E-state index contributed by atoms with van der Waals surface area (Å²) in [4.78, 5) is 25.4. The van der Waals surface area contributed by atoms with E-state index in [-0.39, 0.29) is 29.9 Å². The number of hydrogen-bond acceptors (Lipinski definition) is 5. The number of benzene rings is 1. The number of likely N-dealkylation sites (N-methyl/N-ethyl adjacent to an activating group) is 1. The molecule has 2 aliphatic heterocycles. The second-order valence-corrected chi connectivity index (χ2v) is 9.21. The highest BCUT2D eigenvalue weighted by molar-refractivity contribution is 7.89. The summed E-state index contributed by atoms with van der Waals surface area (Å²) in [5.74, 6) is -0.256. The topological polar surface area (TPSA) is 96.0 Å². The number of carbonyl (C=O) groups excluding carboxylic acids is 2. The summed E-state index contributed by atoms with van der Waals surface area (Å²) in [6, 6.07) is 6.28. The quantitative estimate of drug-likeness (QED) is 0.835. The number of ether oxygens (including phenoxy) is 1. The summed E-state index contributed by atoms with van der Waals surface area (Å²) in [6.07, 6.45) is 1.96. The van der Waals surface area contributed by atoms with Crippen LogP contribution in [0.15, 0.2) is 29.2 Å². The van der Waals surface area contributed by atoms with Gasteiger partial charge in [0.1, 0.15) is 5.60 Å². The second kappa shape index (κ2) is 5.95. The molecule has 8 nitrogen and oxygen atoms in total. The van der Waals surface area contributed by atoms with Crippen molar-refractivity contribution in [3.05, 3.63) is 29.8 Å². The predicted octanol–water partition coefficient (Wildman–Crippen LogP) is 0.794. The third-order valence-electron chi connectivity index (χ3n) is 5.07. The molecule has 1 aromatic rings. The van der Waals surface area contributed by atoms with Crippen molar-refractivity contribution in [3.63, 3.8) is 0 Å². The molecule has 2 saturated heterocycles. The van der Waals surface area contributed by atoms with Gasteiger partial charge < -0.3 is 15.0 Å². The first kappa shape index (κ1) is 17.3. The third-order valence-corrected chi connectivity index (χ3v) is 6.91. The van der Waals surface area contributed by atoms with Gasteiger partial charge in [-0.25, -0.2) is 13.2 Å². The van der Waals surface area contributed by atoms with Gasteiger partial charge in [-0.3, -0.25) is 4.79 Å². The molecular formula is C17H21N3O5S. The first-order chi connectivity index (χ1) is 12.3. The normalized spacial score (nSPS) is 26.3. The summed E-state index contributed by atoms with van der Waals surface area (Å²) in [5.41, 5.74) is -0.446. The minimum absolute atomic E-state index is 0.0793. The Morgan fingerprint density at radius 1 is 1.31 bits per heavy atom. The molecule has 1 saturated carbocycles. The Hall–Kier alpha value is -2.13. The van der Waals surface area contributed by atoms with Crippen molar-refractivity contribution in [2.75, 3.05) is 26.7 Å². The molecule has 0 bridgehead atoms. The number of rotatable bonds is 4. The zero-order valence-electron chi connectivity index (χ0n) is 14.5. The van der Waals surface area contributed by atoms with E-state index in [4.69, 9.17) is 4.74 Å². The number of nitrogens with zero attached hydrogens (tertiary/aromatic N) is 2. The Bertz CT molecular complexity index is 867. The van der Waals surface area contributed by atoms with Crippen molar-refractivity contribution in [1.82, 2.24) is 14.5 Å². The monoisotopic (exact) mass is 379 g/mol. The average Bonchev–Trinajstić information content (AvgIpc) is 3.25. The fourth-order valence-corrected chi connectivity index (χ4v) is 5.02. The van der Waals surface area contributed by atoms with Crippen molar-refractivity contribution in [3.8, 4) is 0 Å². The number of nitrogens with one attached hydrogen (secondary N) is 1. The van der Waals surface area contributed by atoms with Crippen molar-refractivity contribution in [2.24, 2.45) is 0 Å². The average molecular weight is 379 g/mol. The van der Waals surface area contributed by atoms with Gasteiger partial charge in [0.05, 0.1) is 18.0 Å². The molecule has 1 aromatic carbocycles. The highest BCUT2D eigenvalue weighted by Gasteiger charge is 2.51. The van der Waals surface area contributed by atoms with E-state index in [1.807, 2.05) is 0 Å². The van der Waals surface area contributed by atoms with Gasteiger partial charge in [-0.2, -0.15) is 4.31 Å². The lowest BCUT2D eigenvalue weighted by Crippen LogP contribution is -2.39. The minimum atomic E-state index is -3.76. The van der Waals surface area contributed by atoms with Crippen LogP contribution in [0.4, 0.5) is 4.79 Å². The van der Waals surface area contributed by atoms with Crippen molar-refractivity contribution in [2.45, 2.75) is 35.8 Å². The summed E-state index contributed by atoms with van der Waals surface area (Å²) in [6.45, 7) is 0.785. The number of hydrogen-bond donors (Lipinski definition) is 1. The third kappa shape index (κ3) is 3.05.